The highest BCUT2D eigenvalue weighted by Crippen LogP contribution is 2.31. The summed E-state index contributed by atoms with van der Waals surface area (Å²) in [4.78, 5) is 38.9. The zero-order chi connectivity index (χ0) is 22.1. The molecule has 0 aromatic heterocycles. The predicted molar refractivity (Wildman–Crippen MR) is 120 cm³/mol. The Hall–Kier alpha value is -3.39. The van der Waals surface area contributed by atoms with Gasteiger partial charge < -0.3 is 19.4 Å². The molecule has 166 valence electrons. The van der Waals surface area contributed by atoms with E-state index >= 15 is 0 Å². The molecule has 5 rings (SSSR count). The molecular formula is C24H27N5O3. The highest BCUT2D eigenvalue weighted by molar-refractivity contribution is 6.03. The lowest BCUT2D eigenvalue weighted by Crippen LogP contribution is -2.65. The largest absolute Gasteiger partial charge is 0.378 e. The molecule has 32 heavy (non-hydrogen) atoms. The van der Waals surface area contributed by atoms with Crippen LogP contribution in [0.2, 0.25) is 0 Å². The highest BCUT2D eigenvalue weighted by atomic mass is 16.5. The van der Waals surface area contributed by atoms with Crippen LogP contribution < -0.4 is 0 Å². The number of urea groups is 1. The molecule has 2 atom stereocenters. The van der Waals surface area contributed by atoms with Gasteiger partial charge in [0.2, 0.25) is 0 Å². The third kappa shape index (κ3) is 3.71. The molecule has 2 saturated heterocycles. The standard InChI is InChI=1S/C24H27N5O3/c1-26-21-20(22(30)29(24(26)31)17-19-10-6-3-7-11-19)28(16-18-8-4-2-5-9-18)23(25-21)27-12-14-32-15-13-27/h2-11,20-21H,12-17H2,1H3/t20-,21+/m1/s1. The highest BCUT2D eigenvalue weighted by Gasteiger charge is 2.52. The predicted octanol–water partition coefficient (Wildman–Crippen LogP) is 1.98. The van der Waals surface area contributed by atoms with Gasteiger partial charge in [0.15, 0.2) is 18.2 Å². The van der Waals surface area contributed by atoms with Crippen LogP contribution in [-0.4, -0.2) is 83.1 Å². The van der Waals surface area contributed by atoms with Crippen molar-refractivity contribution in [1.82, 2.24) is 19.6 Å². The first-order valence-corrected chi connectivity index (χ1v) is 11.0. The SMILES string of the molecule is CN1C(=O)N(Cc2ccccc2)C(=O)[C@H]2[C@H]1N=C(N1CCOCC1)N2Cc1ccccc1. The number of carbonyl (C=O) groups excluding carboxylic acids is 2. The summed E-state index contributed by atoms with van der Waals surface area (Å²) in [6.07, 6.45) is -0.538. The zero-order valence-electron chi connectivity index (χ0n) is 18.1. The number of carbonyl (C=O) groups is 2. The van der Waals surface area contributed by atoms with Gasteiger partial charge in [0, 0.05) is 26.7 Å². The Morgan fingerprint density at radius 3 is 2.12 bits per heavy atom. The van der Waals surface area contributed by atoms with Gasteiger partial charge in [0.25, 0.3) is 5.91 Å². The van der Waals surface area contributed by atoms with E-state index in [-0.39, 0.29) is 18.5 Å². The molecule has 8 nitrogen and oxygen atoms in total. The molecule has 0 aliphatic carbocycles. The van der Waals surface area contributed by atoms with Crippen molar-refractivity contribution in [3.05, 3.63) is 71.8 Å². The summed E-state index contributed by atoms with van der Waals surface area (Å²) >= 11 is 0. The van der Waals surface area contributed by atoms with Crippen LogP contribution in [0.3, 0.4) is 0 Å². The number of likely N-dealkylation sites (N-methyl/N-ethyl adjacent to an activating group) is 1. The molecule has 8 heteroatoms. The van der Waals surface area contributed by atoms with Gasteiger partial charge in [-0.2, -0.15) is 0 Å². The van der Waals surface area contributed by atoms with Gasteiger partial charge in [0.1, 0.15) is 0 Å². The van der Waals surface area contributed by atoms with Crippen LogP contribution in [0.15, 0.2) is 65.7 Å². The fourth-order valence-corrected chi connectivity index (χ4v) is 4.55. The number of guanidine groups is 1. The van der Waals surface area contributed by atoms with Crippen molar-refractivity contribution in [3.63, 3.8) is 0 Å². The first-order valence-electron chi connectivity index (χ1n) is 11.0. The summed E-state index contributed by atoms with van der Waals surface area (Å²) in [6.45, 7) is 3.46. The van der Waals surface area contributed by atoms with Gasteiger partial charge in [-0.15, -0.1) is 0 Å². The summed E-state index contributed by atoms with van der Waals surface area (Å²) < 4.78 is 5.52. The average Bonchev–Trinajstić information content (AvgIpc) is 3.22. The zero-order valence-corrected chi connectivity index (χ0v) is 18.1. The van der Waals surface area contributed by atoms with Crippen LogP contribution in [-0.2, 0) is 22.6 Å². The van der Waals surface area contributed by atoms with E-state index in [0.29, 0.717) is 32.8 Å². The number of fused-ring (bicyclic) bond motifs is 1. The van der Waals surface area contributed by atoms with Crippen molar-refractivity contribution >= 4 is 17.9 Å². The summed E-state index contributed by atoms with van der Waals surface area (Å²) in [6, 6.07) is 18.8. The summed E-state index contributed by atoms with van der Waals surface area (Å²) in [5.41, 5.74) is 2.01. The van der Waals surface area contributed by atoms with E-state index in [1.807, 2.05) is 60.7 Å². The summed E-state index contributed by atoms with van der Waals surface area (Å²) in [5.74, 6) is 0.562. The van der Waals surface area contributed by atoms with Crippen LogP contribution >= 0.6 is 0 Å². The van der Waals surface area contributed by atoms with Crippen LogP contribution in [0.4, 0.5) is 4.79 Å². The van der Waals surface area contributed by atoms with E-state index in [9.17, 15) is 9.59 Å². The van der Waals surface area contributed by atoms with E-state index in [2.05, 4.69) is 9.80 Å². The molecule has 0 bridgehead atoms. The summed E-state index contributed by atoms with van der Waals surface area (Å²) in [7, 11) is 1.73. The van der Waals surface area contributed by atoms with Crippen molar-refractivity contribution in [2.24, 2.45) is 4.99 Å². The fourth-order valence-electron chi connectivity index (χ4n) is 4.55. The number of rotatable bonds is 4. The molecule has 0 radical (unpaired) electrons. The number of ether oxygens (including phenoxy) is 1. The number of imide groups is 1. The smallest absolute Gasteiger partial charge is 0.328 e. The van der Waals surface area contributed by atoms with Crippen molar-refractivity contribution in [1.29, 1.82) is 0 Å². The second kappa shape index (κ2) is 8.63. The molecule has 3 aliphatic rings. The van der Waals surface area contributed by atoms with Crippen LogP contribution in [0.1, 0.15) is 11.1 Å². The van der Waals surface area contributed by atoms with Gasteiger partial charge in [-0.25, -0.2) is 9.79 Å². The molecule has 0 unspecified atom stereocenters. The van der Waals surface area contributed by atoms with Crippen LogP contribution in [0.5, 0.6) is 0 Å². The van der Waals surface area contributed by atoms with Crippen LogP contribution in [0, 0.1) is 0 Å². The van der Waals surface area contributed by atoms with Crippen molar-refractivity contribution in [3.8, 4) is 0 Å². The maximum absolute atomic E-state index is 13.7. The average molecular weight is 434 g/mol. The maximum atomic E-state index is 13.7. The molecular weight excluding hydrogens is 406 g/mol. The van der Waals surface area contributed by atoms with Crippen LogP contribution in [0.25, 0.3) is 0 Å². The lowest BCUT2D eigenvalue weighted by atomic mass is 10.1. The molecule has 3 amide bonds. The third-order valence-corrected chi connectivity index (χ3v) is 6.24. The molecule has 2 fully saturated rings. The minimum Gasteiger partial charge on any atom is -0.378 e. The number of amides is 3. The molecule has 3 heterocycles. The van der Waals surface area contributed by atoms with Gasteiger partial charge in [-0.1, -0.05) is 60.7 Å². The molecule has 3 aliphatic heterocycles. The quantitative estimate of drug-likeness (QED) is 0.738. The molecule has 2 aromatic rings. The monoisotopic (exact) mass is 433 g/mol. The minimum atomic E-state index is -0.556. The molecule has 0 N–H and O–H groups in total. The Kier molecular flexibility index (Phi) is 5.53. The van der Waals surface area contributed by atoms with Gasteiger partial charge in [-0.3, -0.25) is 9.69 Å². The second-order valence-corrected chi connectivity index (χ2v) is 8.30. The van der Waals surface area contributed by atoms with E-state index in [0.717, 1.165) is 17.1 Å². The number of hydrogen-bond acceptors (Lipinski definition) is 6. The van der Waals surface area contributed by atoms with Crippen molar-refractivity contribution < 1.29 is 14.3 Å². The number of benzene rings is 2. The second-order valence-electron chi connectivity index (χ2n) is 8.30. The first kappa shape index (κ1) is 20.5. The van der Waals surface area contributed by atoms with Gasteiger partial charge >= 0.3 is 6.03 Å². The Morgan fingerprint density at radius 2 is 1.50 bits per heavy atom. The lowest BCUT2D eigenvalue weighted by molar-refractivity contribution is -0.138. The van der Waals surface area contributed by atoms with Crippen molar-refractivity contribution in [2.45, 2.75) is 25.3 Å². The van der Waals surface area contributed by atoms with Gasteiger partial charge in [0.05, 0.1) is 19.8 Å². The van der Waals surface area contributed by atoms with Gasteiger partial charge in [-0.05, 0) is 11.1 Å². The topological polar surface area (TPSA) is 68.7 Å². The van der Waals surface area contributed by atoms with E-state index in [1.54, 1.807) is 11.9 Å². The Morgan fingerprint density at radius 1 is 0.906 bits per heavy atom. The lowest BCUT2D eigenvalue weighted by Gasteiger charge is -2.42. The summed E-state index contributed by atoms with van der Waals surface area (Å²) in [5, 5.41) is 0. The number of nitrogens with zero attached hydrogens (tertiary/aromatic N) is 5. The Balaban J connectivity index is 1.48. The number of hydrogen-bond donors (Lipinski definition) is 0. The first-order chi connectivity index (χ1) is 15.6. The minimum absolute atomic E-state index is 0.204. The van der Waals surface area contributed by atoms with E-state index in [4.69, 9.17) is 9.73 Å². The number of morpholine rings is 1. The van der Waals surface area contributed by atoms with E-state index < -0.39 is 12.2 Å². The Labute approximate surface area is 187 Å². The molecule has 0 spiro atoms. The molecule has 2 aromatic carbocycles. The third-order valence-electron chi connectivity index (χ3n) is 6.24. The number of aliphatic imine (C=N–C) groups is 1. The Bertz CT molecular complexity index is 1010. The normalized spacial score (nSPS) is 23.5. The molecule has 0 saturated carbocycles. The fraction of sp³-hybridized carbons (Fsp3) is 0.375. The maximum Gasteiger partial charge on any atom is 0.328 e. The van der Waals surface area contributed by atoms with E-state index in [1.165, 1.54) is 4.90 Å². The van der Waals surface area contributed by atoms with Crippen molar-refractivity contribution in [2.75, 3.05) is 33.4 Å².